The van der Waals surface area contributed by atoms with Crippen LogP contribution in [0.1, 0.15) is 6.92 Å². The predicted octanol–water partition coefficient (Wildman–Crippen LogP) is 3.19. The lowest BCUT2D eigenvalue weighted by molar-refractivity contribution is -0.114. The number of rotatable bonds is 4. The van der Waals surface area contributed by atoms with Crippen molar-refractivity contribution >= 4 is 48.3 Å². The molecule has 3 rings (SSSR count). The zero-order valence-electron chi connectivity index (χ0n) is 12.4. The first-order chi connectivity index (χ1) is 11.3. The molecule has 3 aromatic rings. The Balaban J connectivity index is 1.89. The highest BCUT2D eigenvalue weighted by Gasteiger charge is 2.15. The molecule has 0 aliphatic heterocycles. The van der Waals surface area contributed by atoms with Crippen LogP contribution < -0.4 is 10.0 Å². The molecule has 0 fully saturated rings. The fraction of sp³-hybridized carbons (Fsp3) is 0.0667. The van der Waals surface area contributed by atoms with Gasteiger partial charge < -0.3 is 5.32 Å². The number of fused-ring (bicyclic) bond motifs is 1. The second-order valence-corrected chi connectivity index (χ2v) is 7.66. The number of nitrogens with zero attached hydrogens (tertiary/aromatic N) is 1. The molecule has 124 valence electrons. The summed E-state index contributed by atoms with van der Waals surface area (Å²) in [4.78, 5) is 15.3. The van der Waals surface area contributed by atoms with E-state index < -0.39 is 15.8 Å². The van der Waals surface area contributed by atoms with E-state index in [9.17, 15) is 17.6 Å². The van der Waals surface area contributed by atoms with Crippen LogP contribution in [0.3, 0.4) is 0 Å². The summed E-state index contributed by atoms with van der Waals surface area (Å²) in [5.41, 5.74) is 0.998. The maximum atomic E-state index is 12.9. The molecule has 0 saturated carbocycles. The summed E-state index contributed by atoms with van der Waals surface area (Å²) in [6, 6.07) is 9.40. The minimum absolute atomic E-state index is 0.0350. The summed E-state index contributed by atoms with van der Waals surface area (Å²) >= 11 is 1.24. The second kappa shape index (κ2) is 6.17. The number of halogens is 1. The number of carbonyl (C=O) groups excluding carboxylic acids is 1. The molecular formula is C15H12FN3O3S2. The average Bonchev–Trinajstić information content (AvgIpc) is 2.87. The van der Waals surface area contributed by atoms with Crippen LogP contribution in [0.5, 0.6) is 0 Å². The first-order valence-electron chi connectivity index (χ1n) is 6.80. The van der Waals surface area contributed by atoms with Crippen molar-refractivity contribution in [3.8, 4) is 0 Å². The highest BCUT2D eigenvalue weighted by molar-refractivity contribution is 7.92. The van der Waals surface area contributed by atoms with Gasteiger partial charge >= 0.3 is 0 Å². The Morgan fingerprint density at radius 1 is 1.17 bits per heavy atom. The van der Waals surface area contributed by atoms with Crippen LogP contribution in [0.2, 0.25) is 0 Å². The minimum atomic E-state index is -3.81. The van der Waals surface area contributed by atoms with Gasteiger partial charge in [0, 0.05) is 6.92 Å². The van der Waals surface area contributed by atoms with Gasteiger partial charge in [-0.05, 0) is 42.5 Å². The molecule has 9 heteroatoms. The number of amides is 1. The van der Waals surface area contributed by atoms with Gasteiger partial charge in [0.15, 0.2) is 5.13 Å². The molecule has 0 atom stereocenters. The number of thiazole rings is 1. The Kier molecular flexibility index (Phi) is 4.20. The van der Waals surface area contributed by atoms with E-state index in [2.05, 4.69) is 15.0 Å². The van der Waals surface area contributed by atoms with Crippen molar-refractivity contribution in [2.24, 2.45) is 0 Å². The van der Waals surface area contributed by atoms with E-state index >= 15 is 0 Å². The van der Waals surface area contributed by atoms with E-state index in [0.717, 1.165) is 16.8 Å². The number of hydrogen-bond acceptors (Lipinski definition) is 5. The Labute approximate surface area is 141 Å². The van der Waals surface area contributed by atoms with Gasteiger partial charge in [-0.15, -0.1) is 0 Å². The van der Waals surface area contributed by atoms with Crippen LogP contribution in [0.4, 0.5) is 15.2 Å². The largest absolute Gasteiger partial charge is 0.302 e. The molecule has 1 aromatic heterocycles. The van der Waals surface area contributed by atoms with Crippen molar-refractivity contribution in [1.82, 2.24) is 4.98 Å². The number of benzene rings is 2. The molecule has 0 bridgehead atoms. The number of aromatic nitrogens is 1. The van der Waals surface area contributed by atoms with Crippen LogP contribution in [0.15, 0.2) is 47.4 Å². The highest BCUT2D eigenvalue weighted by atomic mass is 32.2. The average molecular weight is 365 g/mol. The SMILES string of the molecule is CC(=O)Nc1nc2ccc(NS(=O)(=O)c3ccc(F)cc3)cc2s1. The van der Waals surface area contributed by atoms with E-state index in [1.807, 2.05) is 0 Å². The smallest absolute Gasteiger partial charge is 0.261 e. The summed E-state index contributed by atoms with van der Waals surface area (Å²) in [7, 11) is -3.81. The van der Waals surface area contributed by atoms with Gasteiger partial charge in [0.25, 0.3) is 10.0 Å². The van der Waals surface area contributed by atoms with Crippen molar-refractivity contribution in [1.29, 1.82) is 0 Å². The van der Waals surface area contributed by atoms with Gasteiger partial charge in [-0.1, -0.05) is 11.3 Å². The van der Waals surface area contributed by atoms with Crippen LogP contribution >= 0.6 is 11.3 Å². The number of nitrogens with one attached hydrogen (secondary N) is 2. The fourth-order valence-electron chi connectivity index (χ4n) is 2.02. The molecule has 1 heterocycles. The Morgan fingerprint density at radius 3 is 2.54 bits per heavy atom. The van der Waals surface area contributed by atoms with Gasteiger partial charge in [0.1, 0.15) is 5.82 Å². The molecule has 1 amide bonds. The molecule has 0 spiro atoms. The predicted molar refractivity (Wildman–Crippen MR) is 91.1 cm³/mol. The van der Waals surface area contributed by atoms with Gasteiger partial charge in [-0.2, -0.15) is 0 Å². The van der Waals surface area contributed by atoms with Crippen LogP contribution in [-0.2, 0) is 14.8 Å². The molecule has 0 aliphatic carbocycles. The van der Waals surface area contributed by atoms with E-state index in [0.29, 0.717) is 16.3 Å². The standard InChI is InChI=1S/C15H12FN3O3S2/c1-9(20)17-15-18-13-7-4-11(8-14(13)23-15)19-24(21,22)12-5-2-10(16)3-6-12/h2-8,19H,1H3,(H,17,18,20). The van der Waals surface area contributed by atoms with Gasteiger partial charge in [-0.3, -0.25) is 9.52 Å². The number of anilines is 2. The van der Waals surface area contributed by atoms with E-state index in [1.165, 1.54) is 30.4 Å². The third kappa shape index (κ3) is 3.52. The fourth-order valence-corrected chi connectivity index (χ4v) is 4.02. The Bertz CT molecular complexity index is 1010. The first-order valence-corrected chi connectivity index (χ1v) is 9.10. The second-order valence-electron chi connectivity index (χ2n) is 4.94. The van der Waals surface area contributed by atoms with Crippen LogP contribution in [0.25, 0.3) is 10.2 Å². The zero-order chi connectivity index (χ0) is 17.3. The van der Waals surface area contributed by atoms with Crippen LogP contribution in [-0.4, -0.2) is 19.3 Å². The lowest BCUT2D eigenvalue weighted by atomic mass is 10.3. The maximum absolute atomic E-state index is 12.9. The van der Waals surface area contributed by atoms with Gasteiger partial charge in [0.05, 0.1) is 20.8 Å². The Hall–Kier alpha value is -2.52. The van der Waals surface area contributed by atoms with Crippen LogP contribution in [0, 0.1) is 5.82 Å². The number of sulfonamides is 1. The van der Waals surface area contributed by atoms with Crippen molar-refractivity contribution < 1.29 is 17.6 Å². The van der Waals surface area contributed by atoms with Crippen molar-refractivity contribution in [2.75, 3.05) is 10.0 Å². The molecule has 24 heavy (non-hydrogen) atoms. The van der Waals surface area contributed by atoms with Gasteiger partial charge in [-0.25, -0.2) is 17.8 Å². The monoisotopic (exact) mass is 365 g/mol. The number of carbonyl (C=O) groups is 1. The molecule has 2 N–H and O–H groups in total. The summed E-state index contributed by atoms with van der Waals surface area (Å²) in [6.07, 6.45) is 0. The molecular weight excluding hydrogens is 353 g/mol. The quantitative estimate of drug-likeness (QED) is 0.743. The zero-order valence-corrected chi connectivity index (χ0v) is 14.0. The lowest BCUT2D eigenvalue weighted by Gasteiger charge is -2.07. The summed E-state index contributed by atoms with van der Waals surface area (Å²) in [5.74, 6) is -0.739. The molecule has 2 aromatic carbocycles. The molecule has 0 saturated heterocycles. The third-order valence-corrected chi connectivity index (χ3v) is 5.38. The maximum Gasteiger partial charge on any atom is 0.261 e. The minimum Gasteiger partial charge on any atom is -0.302 e. The molecule has 6 nitrogen and oxygen atoms in total. The molecule has 0 radical (unpaired) electrons. The highest BCUT2D eigenvalue weighted by Crippen LogP contribution is 2.29. The summed E-state index contributed by atoms with van der Waals surface area (Å²) < 4.78 is 40.7. The lowest BCUT2D eigenvalue weighted by Crippen LogP contribution is -2.12. The summed E-state index contributed by atoms with van der Waals surface area (Å²) in [5, 5.41) is 3.03. The Morgan fingerprint density at radius 2 is 1.88 bits per heavy atom. The topological polar surface area (TPSA) is 88.2 Å². The van der Waals surface area contributed by atoms with E-state index in [1.54, 1.807) is 18.2 Å². The van der Waals surface area contributed by atoms with Crippen molar-refractivity contribution in [2.45, 2.75) is 11.8 Å². The van der Waals surface area contributed by atoms with Crippen molar-refractivity contribution in [3.63, 3.8) is 0 Å². The normalized spacial score (nSPS) is 11.4. The van der Waals surface area contributed by atoms with E-state index in [-0.39, 0.29) is 10.8 Å². The number of hydrogen-bond donors (Lipinski definition) is 2. The first kappa shape index (κ1) is 16.3. The third-order valence-electron chi connectivity index (χ3n) is 3.05. The summed E-state index contributed by atoms with van der Waals surface area (Å²) in [6.45, 7) is 1.38. The molecule has 0 unspecified atom stereocenters. The molecule has 0 aliphatic rings. The van der Waals surface area contributed by atoms with E-state index in [4.69, 9.17) is 0 Å². The van der Waals surface area contributed by atoms with Crippen molar-refractivity contribution in [3.05, 3.63) is 48.3 Å². The van der Waals surface area contributed by atoms with Gasteiger partial charge in [0.2, 0.25) is 5.91 Å².